The van der Waals surface area contributed by atoms with E-state index in [1.165, 1.54) is 11.1 Å². The lowest BCUT2D eigenvalue weighted by Gasteiger charge is -2.10. The molecule has 0 bridgehead atoms. The number of rotatable bonds is 3. The summed E-state index contributed by atoms with van der Waals surface area (Å²) in [7, 11) is 1.59. The van der Waals surface area contributed by atoms with Gasteiger partial charge >= 0.3 is 6.03 Å². The van der Waals surface area contributed by atoms with Crippen molar-refractivity contribution in [1.82, 2.24) is 19.8 Å². The van der Waals surface area contributed by atoms with Crippen molar-refractivity contribution in [2.75, 3.05) is 18.5 Å². The Kier molecular flexibility index (Phi) is 3.00. The monoisotopic (exact) mass is 289 g/mol. The maximum atomic E-state index is 11.9. The first-order chi connectivity index (χ1) is 9.97. The van der Waals surface area contributed by atoms with E-state index < -0.39 is 0 Å². The lowest BCUT2D eigenvalue weighted by atomic mass is 10.2. The van der Waals surface area contributed by atoms with E-state index in [9.17, 15) is 9.59 Å². The molecule has 8 nitrogen and oxygen atoms in total. The molecule has 0 radical (unpaired) electrons. The fourth-order valence-corrected chi connectivity index (χ4v) is 2.32. The maximum absolute atomic E-state index is 11.9. The third-order valence-electron chi connectivity index (χ3n) is 3.52. The maximum Gasteiger partial charge on any atom is 0.331 e. The highest BCUT2D eigenvalue weighted by molar-refractivity contribution is 6.19. The number of urea groups is 1. The van der Waals surface area contributed by atoms with Crippen LogP contribution in [-0.4, -0.2) is 45.4 Å². The molecule has 0 aromatic carbocycles. The Morgan fingerprint density at radius 3 is 2.67 bits per heavy atom. The number of carbonyl (C=O) groups excluding carboxylic acids is 2. The number of likely N-dealkylation sites (N-methyl/N-ethyl adjacent to an activating group) is 1. The molecule has 1 aliphatic rings. The predicted molar refractivity (Wildman–Crippen MR) is 72.8 cm³/mol. The Bertz CT molecular complexity index is 698. The second kappa shape index (κ2) is 4.72. The molecule has 8 heteroatoms. The minimum absolute atomic E-state index is 0.0912. The van der Waals surface area contributed by atoms with Crippen LogP contribution in [0.1, 0.15) is 17.0 Å². The summed E-state index contributed by atoms with van der Waals surface area (Å²) in [5, 5.41) is 8.08. The topological polar surface area (TPSA) is 84.5 Å². The number of aromatic nitrogens is 3. The summed E-state index contributed by atoms with van der Waals surface area (Å²) in [6.07, 6.45) is 3.17. The molecule has 1 fully saturated rings. The third kappa shape index (κ3) is 2.18. The zero-order valence-electron chi connectivity index (χ0n) is 12.0. The molecule has 0 atom stereocenters. The molecule has 0 spiro atoms. The lowest BCUT2D eigenvalue weighted by molar-refractivity contribution is -0.116. The zero-order valence-corrected chi connectivity index (χ0v) is 12.0. The standard InChI is InChI=1S/C13H15N5O3/c1-8-11(9(2)21-15-8)6-17-5-10(4-14-17)18-12(19)7-16(3)13(18)20/h4-5H,6-7H2,1-3H3. The van der Waals surface area contributed by atoms with Crippen molar-refractivity contribution in [2.45, 2.75) is 20.4 Å². The average molecular weight is 289 g/mol. The first-order valence-electron chi connectivity index (χ1n) is 6.49. The molecule has 110 valence electrons. The molecular weight excluding hydrogens is 274 g/mol. The fourth-order valence-electron chi connectivity index (χ4n) is 2.32. The van der Waals surface area contributed by atoms with E-state index in [4.69, 9.17) is 4.52 Å². The van der Waals surface area contributed by atoms with E-state index in [2.05, 4.69) is 10.3 Å². The van der Waals surface area contributed by atoms with E-state index in [1.54, 1.807) is 17.9 Å². The number of aryl methyl sites for hydroxylation is 2. The van der Waals surface area contributed by atoms with Crippen molar-refractivity contribution in [1.29, 1.82) is 0 Å². The van der Waals surface area contributed by atoms with Gasteiger partial charge in [-0.15, -0.1) is 0 Å². The number of imide groups is 1. The van der Waals surface area contributed by atoms with Gasteiger partial charge in [-0.3, -0.25) is 9.48 Å². The van der Waals surface area contributed by atoms with Crippen LogP contribution in [0.5, 0.6) is 0 Å². The number of amides is 3. The first kappa shape index (κ1) is 13.3. The minimum Gasteiger partial charge on any atom is -0.361 e. The summed E-state index contributed by atoms with van der Waals surface area (Å²) in [6, 6.07) is -0.336. The summed E-state index contributed by atoms with van der Waals surface area (Å²) in [6.45, 7) is 4.27. The van der Waals surface area contributed by atoms with E-state index in [0.717, 1.165) is 21.9 Å². The van der Waals surface area contributed by atoms with E-state index >= 15 is 0 Å². The van der Waals surface area contributed by atoms with Gasteiger partial charge in [-0.1, -0.05) is 5.16 Å². The molecular formula is C13H15N5O3. The molecule has 1 saturated heterocycles. The molecule has 0 N–H and O–H groups in total. The highest BCUT2D eigenvalue weighted by Gasteiger charge is 2.35. The Morgan fingerprint density at radius 1 is 1.33 bits per heavy atom. The Morgan fingerprint density at radius 2 is 2.10 bits per heavy atom. The van der Waals surface area contributed by atoms with Gasteiger partial charge in [0.2, 0.25) is 0 Å². The smallest absolute Gasteiger partial charge is 0.331 e. The highest BCUT2D eigenvalue weighted by Crippen LogP contribution is 2.21. The predicted octanol–water partition coefficient (Wildman–Crippen LogP) is 0.935. The molecule has 3 heterocycles. The number of nitrogens with zero attached hydrogens (tertiary/aromatic N) is 5. The van der Waals surface area contributed by atoms with E-state index in [0.29, 0.717) is 12.2 Å². The molecule has 3 rings (SSSR count). The number of hydrogen-bond acceptors (Lipinski definition) is 5. The normalized spacial score (nSPS) is 15.4. The number of hydrogen-bond donors (Lipinski definition) is 0. The van der Waals surface area contributed by atoms with Gasteiger partial charge in [-0.2, -0.15) is 5.10 Å². The Labute approximate surface area is 120 Å². The van der Waals surface area contributed by atoms with Crippen LogP contribution in [0.2, 0.25) is 0 Å². The van der Waals surface area contributed by atoms with Gasteiger partial charge in [0.15, 0.2) is 0 Å². The summed E-state index contributed by atoms with van der Waals surface area (Å²) in [5.41, 5.74) is 2.22. The van der Waals surface area contributed by atoms with Gasteiger partial charge < -0.3 is 9.42 Å². The first-order valence-corrected chi connectivity index (χ1v) is 6.49. The molecule has 2 aromatic rings. The minimum atomic E-state index is -0.336. The fraction of sp³-hybridized carbons (Fsp3) is 0.385. The van der Waals surface area contributed by atoms with Crippen LogP contribution in [0.15, 0.2) is 16.9 Å². The molecule has 3 amide bonds. The van der Waals surface area contributed by atoms with Crippen molar-refractivity contribution >= 4 is 17.6 Å². The Hall–Kier alpha value is -2.64. The second-order valence-corrected chi connectivity index (χ2v) is 5.07. The van der Waals surface area contributed by atoms with Gasteiger partial charge in [0, 0.05) is 18.8 Å². The van der Waals surface area contributed by atoms with Crippen molar-refractivity contribution in [3.63, 3.8) is 0 Å². The van der Waals surface area contributed by atoms with Gasteiger partial charge in [-0.25, -0.2) is 9.69 Å². The van der Waals surface area contributed by atoms with Crippen molar-refractivity contribution in [3.8, 4) is 0 Å². The lowest BCUT2D eigenvalue weighted by Crippen LogP contribution is -2.31. The molecule has 0 aliphatic carbocycles. The number of carbonyl (C=O) groups is 2. The summed E-state index contributed by atoms with van der Waals surface area (Å²) in [5.74, 6) is 0.483. The van der Waals surface area contributed by atoms with Crippen LogP contribution >= 0.6 is 0 Å². The second-order valence-electron chi connectivity index (χ2n) is 5.07. The summed E-state index contributed by atoms with van der Waals surface area (Å²) < 4.78 is 6.76. The van der Waals surface area contributed by atoms with Crippen LogP contribution in [0.4, 0.5) is 10.5 Å². The van der Waals surface area contributed by atoms with Crippen LogP contribution in [-0.2, 0) is 11.3 Å². The molecule has 2 aromatic heterocycles. The third-order valence-corrected chi connectivity index (χ3v) is 3.52. The van der Waals surface area contributed by atoms with Crippen molar-refractivity contribution in [2.24, 2.45) is 0 Å². The summed E-state index contributed by atoms with van der Waals surface area (Å²) in [4.78, 5) is 26.3. The van der Waals surface area contributed by atoms with Crippen LogP contribution in [0.3, 0.4) is 0 Å². The van der Waals surface area contributed by atoms with Crippen LogP contribution in [0.25, 0.3) is 0 Å². The van der Waals surface area contributed by atoms with Crippen LogP contribution in [0, 0.1) is 13.8 Å². The Balaban J connectivity index is 1.84. The molecule has 0 saturated carbocycles. The van der Waals surface area contributed by atoms with Gasteiger partial charge in [0.05, 0.1) is 24.1 Å². The number of anilines is 1. The SMILES string of the molecule is Cc1noc(C)c1Cn1cc(N2C(=O)CN(C)C2=O)cn1. The zero-order chi connectivity index (χ0) is 15.1. The van der Waals surface area contributed by atoms with Crippen molar-refractivity contribution in [3.05, 3.63) is 29.4 Å². The summed E-state index contributed by atoms with van der Waals surface area (Å²) >= 11 is 0. The average Bonchev–Trinajstić information content (AvgIpc) is 3.07. The molecule has 0 unspecified atom stereocenters. The highest BCUT2D eigenvalue weighted by atomic mass is 16.5. The van der Waals surface area contributed by atoms with Crippen LogP contribution < -0.4 is 4.90 Å². The van der Waals surface area contributed by atoms with Crippen molar-refractivity contribution < 1.29 is 14.1 Å². The van der Waals surface area contributed by atoms with Gasteiger partial charge in [-0.05, 0) is 13.8 Å². The van der Waals surface area contributed by atoms with Gasteiger partial charge in [0.1, 0.15) is 12.3 Å². The van der Waals surface area contributed by atoms with E-state index in [-0.39, 0.29) is 18.5 Å². The van der Waals surface area contributed by atoms with E-state index in [1.807, 2.05) is 13.8 Å². The largest absolute Gasteiger partial charge is 0.361 e. The van der Waals surface area contributed by atoms with Gasteiger partial charge in [0.25, 0.3) is 5.91 Å². The molecule has 21 heavy (non-hydrogen) atoms. The molecule has 1 aliphatic heterocycles. The quantitative estimate of drug-likeness (QED) is 0.785.